The number of hydrogen-bond donors (Lipinski definition) is 2. The lowest BCUT2D eigenvalue weighted by atomic mass is 9.91. The van der Waals surface area contributed by atoms with Crippen LogP contribution < -0.4 is 11.5 Å². The van der Waals surface area contributed by atoms with Crippen molar-refractivity contribution in [1.82, 2.24) is 24.5 Å². The van der Waals surface area contributed by atoms with Gasteiger partial charge in [-0.3, -0.25) is 4.98 Å². The van der Waals surface area contributed by atoms with E-state index in [4.69, 9.17) is 20.9 Å². The van der Waals surface area contributed by atoms with Crippen molar-refractivity contribution in [1.29, 1.82) is 0 Å². The first-order chi connectivity index (χ1) is 16.3. The number of nitrogens with zero attached hydrogens (tertiary/aromatic N) is 5. The molecule has 3 aromatic heterocycles. The first-order valence-electron chi connectivity index (χ1n) is 11.8. The molecule has 7 rings (SSSR count). The molecule has 0 unspecified atom stereocenters. The smallest absolute Gasteiger partial charge is 0.163 e. The summed E-state index contributed by atoms with van der Waals surface area (Å²) < 4.78 is 15.3. The first-order valence-corrected chi connectivity index (χ1v) is 11.8. The van der Waals surface area contributed by atoms with Crippen molar-refractivity contribution in [3.63, 3.8) is 0 Å². The van der Waals surface area contributed by atoms with Crippen molar-refractivity contribution in [3.05, 3.63) is 48.5 Å². The Morgan fingerprint density at radius 2 is 1.97 bits per heavy atom. The fourth-order valence-electron chi connectivity index (χ4n) is 6.47. The van der Waals surface area contributed by atoms with E-state index in [-0.39, 0.29) is 23.7 Å². The number of aryl methyl sites for hydroxylation is 1. The van der Waals surface area contributed by atoms with E-state index in [1.54, 1.807) is 6.20 Å². The maximum atomic E-state index is 6.54. The highest BCUT2D eigenvalue weighted by atomic mass is 16.8. The third-order valence-corrected chi connectivity index (χ3v) is 7.99. The summed E-state index contributed by atoms with van der Waals surface area (Å²) in [7, 11) is 0. The number of ether oxygens (including phenoxy) is 2. The summed E-state index contributed by atoms with van der Waals surface area (Å²) in [6.07, 6.45) is 8.29. The average molecular weight is 458 g/mol. The molecule has 2 aliphatic carbocycles. The Kier molecular flexibility index (Phi) is 3.93. The van der Waals surface area contributed by atoms with Crippen molar-refractivity contribution in [2.24, 2.45) is 11.3 Å². The SMILES string of the molecule is CC1(C)O[C@H]2[C@H](n3ccc4c(N)ncnc43)[C@H]3C[C@]3(CCc3ccc4ncc(N)nc4c3)[C@H]2O1. The number of nitrogen functional groups attached to an aromatic ring is 2. The van der Waals surface area contributed by atoms with Crippen LogP contribution >= 0.6 is 0 Å². The minimum absolute atomic E-state index is 0.0252. The second-order valence-corrected chi connectivity index (χ2v) is 10.4. The zero-order valence-corrected chi connectivity index (χ0v) is 19.2. The second-order valence-electron chi connectivity index (χ2n) is 10.4. The monoisotopic (exact) mass is 457 g/mol. The summed E-state index contributed by atoms with van der Waals surface area (Å²) in [5.74, 6) is 0.793. The standard InChI is InChI=1S/C25H27N7O2/c1-24(2)33-20-19(32-8-6-14-22(27)29-12-30-23(14)32)15-10-25(15,21(20)34-24)7-5-13-3-4-16-17(9-13)31-18(26)11-28-16/h3-4,6,8-9,11-12,15,19-21H,5,7,10H2,1-2H3,(H2,26,31)(H2,27,29,30)/t15-,19-,20+,21+,25+/m1/s1. The van der Waals surface area contributed by atoms with Gasteiger partial charge in [0.2, 0.25) is 0 Å². The zero-order chi connectivity index (χ0) is 23.2. The first kappa shape index (κ1) is 20.1. The van der Waals surface area contributed by atoms with E-state index in [1.165, 1.54) is 11.9 Å². The van der Waals surface area contributed by atoms with Crippen molar-refractivity contribution in [2.45, 2.75) is 57.1 Å². The number of aromatic nitrogens is 5. The highest BCUT2D eigenvalue weighted by Crippen LogP contribution is 2.73. The molecular weight excluding hydrogens is 430 g/mol. The zero-order valence-electron chi connectivity index (χ0n) is 19.2. The van der Waals surface area contributed by atoms with E-state index in [0.29, 0.717) is 17.6 Å². The number of anilines is 2. The molecule has 0 bridgehead atoms. The van der Waals surface area contributed by atoms with Gasteiger partial charge in [0.05, 0.1) is 34.8 Å². The molecule has 174 valence electrons. The molecule has 0 spiro atoms. The van der Waals surface area contributed by atoms with Crippen molar-refractivity contribution in [2.75, 3.05) is 11.5 Å². The van der Waals surface area contributed by atoms with Crippen LogP contribution in [0.25, 0.3) is 22.1 Å². The molecule has 0 amide bonds. The van der Waals surface area contributed by atoms with Crippen LogP contribution in [0.15, 0.2) is 43.0 Å². The summed E-state index contributed by atoms with van der Waals surface area (Å²) in [6, 6.07) is 8.42. The van der Waals surface area contributed by atoms with Gasteiger partial charge >= 0.3 is 0 Å². The minimum Gasteiger partial charge on any atom is -0.383 e. The van der Waals surface area contributed by atoms with Gasteiger partial charge in [-0.05, 0) is 62.8 Å². The number of nitrogens with two attached hydrogens (primary N) is 2. The summed E-state index contributed by atoms with van der Waals surface area (Å²) in [6.45, 7) is 4.02. The van der Waals surface area contributed by atoms with Crippen LogP contribution in [0.4, 0.5) is 11.6 Å². The third kappa shape index (κ3) is 2.80. The molecule has 0 radical (unpaired) electrons. The maximum Gasteiger partial charge on any atom is 0.163 e. The Morgan fingerprint density at radius 1 is 1.09 bits per heavy atom. The number of rotatable bonds is 4. The predicted molar refractivity (Wildman–Crippen MR) is 128 cm³/mol. The van der Waals surface area contributed by atoms with Crippen molar-refractivity contribution >= 4 is 33.7 Å². The van der Waals surface area contributed by atoms with E-state index in [2.05, 4.69) is 42.8 Å². The van der Waals surface area contributed by atoms with Gasteiger partial charge in [0.25, 0.3) is 0 Å². The molecule has 1 aliphatic heterocycles. The molecule has 9 nitrogen and oxygen atoms in total. The normalized spacial score (nSPS) is 31.1. The van der Waals surface area contributed by atoms with Crippen LogP contribution in [-0.2, 0) is 15.9 Å². The van der Waals surface area contributed by atoms with Crippen LogP contribution in [0.3, 0.4) is 0 Å². The van der Waals surface area contributed by atoms with Crippen LogP contribution in [0.1, 0.15) is 38.3 Å². The molecule has 3 aliphatic rings. The lowest BCUT2D eigenvalue weighted by molar-refractivity contribution is -0.161. The topological polar surface area (TPSA) is 127 Å². The molecule has 3 fully saturated rings. The number of hydrogen-bond acceptors (Lipinski definition) is 8. The summed E-state index contributed by atoms with van der Waals surface area (Å²) in [5, 5.41) is 0.881. The van der Waals surface area contributed by atoms with Gasteiger partial charge in [-0.15, -0.1) is 0 Å². The molecule has 34 heavy (non-hydrogen) atoms. The number of fused-ring (bicyclic) bond motifs is 5. The third-order valence-electron chi connectivity index (χ3n) is 7.99. The minimum atomic E-state index is -0.610. The summed E-state index contributed by atoms with van der Waals surface area (Å²) >= 11 is 0. The van der Waals surface area contributed by atoms with Gasteiger partial charge in [-0.1, -0.05) is 6.07 Å². The van der Waals surface area contributed by atoms with Crippen LogP contribution in [0.5, 0.6) is 0 Å². The summed E-state index contributed by atoms with van der Waals surface area (Å²) in [5.41, 5.74) is 15.8. The molecule has 1 saturated heterocycles. The van der Waals surface area contributed by atoms with Gasteiger partial charge in [-0.25, -0.2) is 15.0 Å². The Labute approximate surface area is 196 Å². The van der Waals surface area contributed by atoms with E-state index in [0.717, 1.165) is 41.3 Å². The molecule has 4 aromatic rings. The van der Waals surface area contributed by atoms with Crippen molar-refractivity contribution < 1.29 is 9.47 Å². The number of benzene rings is 1. The molecule has 2 saturated carbocycles. The quantitative estimate of drug-likeness (QED) is 0.478. The Bertz CT molecular complexity index is 1450. The fraction of sp³-hybridized carbons (Fsp3) is 0.440. The van der Waals surface area contributed by atoms with Gasteiger partial charge < -0.3 is 25.5 Å². The Morgan fingerprint density at radius 3 is 2.85 bits per heavy atom. The predicted octanol–water partition coefficient (Wildman–Crippen LogP) is 3.25. The Hall–Kier alpha value is -3.30. The van der Waals surface area contributed by atoms with E-state index < -0.39 is 5.79 Å². The van der Waals surface area contributed by atoms with E-state index in [9.17, 15) is 0 Å². The molecule has 4 N–H and O–H groups in total. The molecule has 1 aromatic carbocycles. The van der Waals surface area contributed by atoms with Crippen LogP contribution in [0.2, 0.25) is 0 Å². The second kappa shape index (κ2) is 6.64. The van der Waals surface area contributed by atoms with E-state index in [1.807, 2.05) is 26.0 Å². The van der Waals surface area contributed by atoms with Crippen LogP contribution in [-0.4, -0.2) is 42.5 Å². The highest BCUT2D eigenvalue weighted by molar-refractivity contribution is 5.86. The van der Waals surface area contributed by atoms with Gasteiger partial charge in [0, 0.05) is 11.6 Å². The molecule has 5 atom stereocenters. The molecule has 9 heteroatoms. The average Bonchev–Trinajstić information content (AvgIpc) is 3.05. The lowest BCUT2D eigenvalue weighted by Crippen LogP contribution is -2.32. The van der Waals surface area contributed by atoms with Gasteiger partial charge in [-0.2, -0.15) is 0 Å². The molecule has 4 heterocycles. The van der Waals surface area contributed by atoms with Crippen LogP contribution in [0, 0.1) is 11.3 Å². The van der Waals surface area contributed by atoms with E-state index >= 15 is 0 Å². The molecular formula is C25H27N7O2. The lowest BCUT2D eigenvalue weighted by Gasteiger charge is -2.24. The summed E-state index contributed by atoms with van der Waals surface area (Å²) in [4.78, 5) is 17.5. The van der Waals surface area contributed by atoms with Gasteiger partial charge in [0.1, 0.15) is 29.7 Å². The Balaban J connectivity index is 1.22. The van der Waals surface area contributed by atoms with Crippen molar-refractivity contribution in [3.8, 4) is 0 Å². The van der Waals surface area contributed by atoms with Gasteiger partial charge in [0.15, 0.2) is 5.79 Å². The largest absolute Gasteiger partial charge is 0.383 e. The fourth-order valence-corrected chi connectivity index (χ4v) is 6.47. The maximum absolute atomic E-state index is 6.54. The highest BCUT2D eigenvalue weighted by Gasteiger charge is 2.75.